The van der Waals surface area contributed by atoms with Crippen LogP contribution in [-0.2, 0) is 6.61 Å². The van der Waals surface area contributed by atoms with E-state index in [2.05, 4.69) is 0 Å². The number of nitrogen functional groups attached to an aromatic ring is 1. The Morgan fingerprint density at radius 3 is 2.93 bits per heavy atom. The predicted molar refractivity (Wildman–Crippen MR) is 59.5 cm³/mol. The second-order valence-electron chi connectivity index (χ2n) is 3.05. The zero-order chi connectivity index (χ0) is 10.7. The van der Waals surface area contributed by atoms with Crippen molar-refractivity contribution in [1.82, 2.24) is 0 Å². The van der Waals surface area contributed by atoms with Crippen LogP contribution in [0.2, 0.25) is 0 Å². The first-order valence-corrected chi connectivity index (χ1v) is 5.34. The predicted octanol–water partition coefficient (Wildman–Crippen LogP) is 3.05. The van der Waals surface area contributed by atoms with Crippen LogP contribution in [0, 0.1) is 5.82 Å². The standard InChI is InChI=1S/C11H10FNOS/c12-8-3-4-10(13)11(6-8)14-7-9-2-1-5-15-9/h1-6H,7,13H2. The maximum atomic E-state index is 12.9. The second-order valence-corrected chi connectivity index (χ2v) is 4.08. The number of benzene rings is 1. The lowest BCUT2D eigenvalue weighted by molar-refractivity contribution is 0.310. The fourth-order valence-electron chi connectivity index (χ4n) is 1.18. The Morgan fingerprint density at radius 2 is 2.20 bits per heavy atom. The van der Waals surface area contributed by atoms with Crippen LogP contribution >= 0.6 is 11.3 Å². The molecule has 0 atom stereocenters. The van der Waals surface area contributed by atoms with Crippen molar-refractivity contribution < 1.29 is 9.13 Å². The van der Waals surface area contributed by atoms with Crippen LogP contribution in [0.25, 0.3) is 0 Å². The summed E-state index contributed by atoms with van der Waals surface area (Å²) < 4.78 is 18.3. The summed E-state index contributed by atoms with van der Waals surface area (Å²) in [6, 6.07) is 8.01. The maximum Gasteiger partial charge on any atom is 0.145 e. The number of hydrogen-bond acceptors (Lipinski definition) is 3. The molecule has 0 aliphatic heterocycles. The molecule has 78 valence electrons. The van der Waals surface area contributed by atoms with Crippen molar-refractivity contribution in [3.63, 3.8) is 0 Å². The van der Waals surface area contributed by atoms with Crippen LogP contribution in [0.1, 0.15) is 4.88 Å². The first kappa shape index (κ1) is 9.98. The van der Waals surface area contributed by atoms with Gasteiger partial charge in [0.2, 0.25) is 0 Å². The molecule has 1 aromatic heterocycles. The van der Waals surface area contributed by atoms with Crippen molar-refractivity contribution in [3.05, 3.63) is 46.4 Å². The van der Waals surface area contributed by atoms with E-state index in [1.807, 2.05) is 17.5 Å². The number of ether oxygens (including phenoxy) is 1. The summed E-state index contributed by atoms with van der Waals surface area (Å²) in [6.07, 6.45) is 0. The van der Waals surface area contributed by atoms with Gasteiger partial charge < -0.3 is 10.5 Å². The van der Waals surface area contributed by atoms with E-state index in [-0.39, 0.29) is 5.82 Å². The topological polar surface area (TPSA) is 35.2 Å². The van der Waals surface area contributed by atoms with Gasteiger partial charge in [0, 0.05) is 10.9 Å². The highest BCUT2D eigenvalue weighted by molar-refractivity contribution is 7.09. The third kappa shape index (κ3) is 2.47. The van der Waals surface area contributed by atoms with Crippen LogP contribution in [0.3, 0.4) is 0 Å². The van der Waals surface area contributed by atoms with Crippen LogP contribution in [0.5, 0.6) is 5.75 Å². The molecular formula is C11H10FNOS. The number of rotatable bonds is 3. The van der Waals surface area contributed by atoms with Crippen LogP contribution in [-0.4, -0.2) is 0 Å². The fourth-order valence-corrected chi connectivity index (χ4v) is 1.79. The molecule has 2 N–H and O–H groups in total. The SMILES string of the molecule is Nc1ccc(F)cc1OCc1cccs1. The molecule has 2 nitrogen and oxygen atoms in total. The summed E-state index contributed by atoms with van der Waals surface area (Å²) in [4.78, 5) is 1.08. The zero-order valence-electron chi connectivity index (χ0n) is 7.94. The lowest BCUT2D eigenvalue weighted by Gasteiger charge is -2.07. The molecule has 2 rings (SSSR count). The van der Waals surface area contributed by atoms with Gasteiger partial charge in [-0.05, 0) is 23.6 Å². The molecule has 4 heteroatoms. The molecule has 0 unspecified atom stereocenters. The van der Waals surface area contributed by atoms with Gasteiger partial charge in [-0.2, -0.15) is 0 Å². The number of anilines is 1. The van der Waals surface area contributed by atoms with Crippen molar-refractivity contribution in [3.8, 4) is 5.75 Å². The van der Waals surface area contributed by atoms with Crippen molar-refractivity contribution in [2.24, 2.45) is 0 Å². The van der Waals surface area contributed by atoms with Gasteiger partial charge >= 0.3 is 0 Å². The number of nitrogens with two attached hydrogens (primary N) is 1. The molecule has 0 fully saturated rings. The van der Waals surface area contributed by atoms with E-state index in [0.29, 0.717) is 18.0 Å². The highest BCUT2D eigenvalue weighted by Crippen LogP contribution is 2.23. The summed E-state index contributed by atoms with van der Waals surface area (Å²) in [5.74, 6) is 0.0498. The first-order chi connectivity index (χ1) is 7.25. The van der Waals surface area contributed by atoms with E-state index in [1.165, 1.54) is 18.2 Å². The lowest BCUT2D eigenvalue weighted by atomic mass is 10.3. The van der Waals surface area contributed by atoms with E-state index < -0.39 is 0 Å². The molecule has 1 aromatic carbocycles. The van der Waals surface area contributed by atoms with Crippen molar-refractivity contribution >= 4 is 17.0 Å². The fraction of sp³-hybridized carbons (Fsp3) is 0.0909. The van der Waals surface area contributed by atoms with Crippen LogP contribution in [0.15, 0.2) is 35.7 Å². The van der Waals surface area contributed by atoms with E-state index in [4.69, 9.17) is 10.5 Å². The Morgan fingerprint density at radius 1 is 1.33 bits per heavy atom. The summed E-state index contributed by atoms with van der Waals surface area (Å²) in [5.41, 5.74) is 6.09. The average molecular weight is 223 g/mol. The molecule has 0 bridgehead atoms. The van der Waals surface area contributed by atoms with E-state index in [0.717, 1.165) is 4.88 Å². The van der Waals surface area contributed by atoms with Gasteiger partial charge in [-0.15, -0.1) is 11.3 Å². The molecule has 0 amide bonds. The van der Waals surface area contributed by atoms with Gasteiger partial charge in [0.25, 0.3) is 0 Å². The average Bonchev–Trinajstić information content (AvgIpc) is 2.72. The Bertz CT molecular complexity index is 442. The molecule has 0 saturated heterocycles. The van der Waals surface area contributed by atoms with Crippen molar-refractivity contribution in [2.45, 2.75) is 6.61 Å². The summed E-state index contributed by atoms with van der Waals surface area (Å²) in [7, 11) is 0. The smallest absolute Gasteiger partial charge is 0.145 e. The zero-order valence-corrected chi connectivity index (χ0v) is 8.76. The number of thiophene rings is 1. The highest BCUT2D eigenvalue weighted by Gasteiger charge is 2.02. The van der Waals surface area contributed by atoms with Gasteiger partial charge in [-0.3, -0.25) is 0 Å². The molecule has 1 heterocycles. The van der Waals surface area contributed by atoms with Crippen LogP contribution < -0.4 is 10.5 Å². The third-order valence-corrected chi connectivity index (χ3v) is 2.78. The minimum Gasteiger partial charge on any atom is -0.486 e. The highest BCUT2D eigenvalue weighted by atomic mass is 32.1. The second kappa shape index (κ2) is 4.31. The minimum atomic E-state index is -0.342. The van der Waals surface area contributed by atoms with Gasteiger partial charge in [0.15, 0.2) is 0 Å². The molecule has 0 spiro atoms. The van der Waals surface area contributed by atoms with Gasteiger partial charge in [0.1, 0.15) is 18.2 Å². The Kier molecular flexibility index (Phi) is 2.87. The Balaban J connectivity index is 2.07. The Hall–Kier alpha value is -1.55. The first-order valence-electron chi connectivity index (χ1n) is 4.46. The molecule has 0 aliphatic rings. The molecule has 0 saturated carbocycles. The number of halogens is 1. The minimum absolute atomic E-state index is 0.342. The largest absolute Gasteiger partial charge is 0.486 e. The molecule has 2 aromatic rings. The maximum absolute atomic E-state index is 12.9. The third-order valence-electron chi connectivity index (χ3n) is 1.93. The normalized spacial score (nSPS) is 10.2. The van der Waals surface area contributed by atoms with Gasteiger partial charge in [-0.1, -0.05) is 6.07 Å². The molecular weight excluding hydrogens is 213 g/mol. The summed E-state index contributed by atoms with van der Waals surface area (Å²) in [5, 5.41) is 1.97. The van der Waals surface area contributed by atoms with Crippen LogP contribution in [0.4, 0.5) is 10.1 Å². The molecule has 0 aliphatic carbocycles. The van der Waals surface area contributed by atoms with Crippen molar-refractivity contribution in [2.75, 3.05) is 5.73 Å². The van der Waals surface area contributed by atoms with E-state index in [9.17, 15) is 4.39 Å². The van der Waals surface area contributed by atoms with Crippen molar-refractivity contribution in [1.29, 1.82) is 0 Å². The lowest BCUT2D eigenvalue weighted by Crippen LogP contribution is -1.97. The molecule has 15 heavy (non-hydrogen) atoms. The monoisotopic (exact) mass is 223 g/mol. The summed E-state index contributed by atoms with van der Waals surface area (Å²) in [6.45, 7) is 0.422. The van der Waals surface area contributed by atoms with Gasteiger partial charge in [0.05, 0.1) is 5.69 Å². The number of hydrogen-bond donors (Lipinski definition) is 1. The van der Waals surface area contributed by atoms with E-state index >= 15 is 0 Å². The van der Waals surface area contributed by atoms with Gasteiger partial charge in [-0.25, -0.2) is 4.39 Å². The summed E-state index contributed by atoms with van der Waals surface area (Å²) >= 11 is 1.59. The Labute approximate surface area is 91.1 Å². The quantitative estimate of drug-likeness (QED) is 0.812. The molecule has 0 radical (unpaired) electrons. The van der Waals surface area contributed by atoms with E-state index in [1.54, 1.807) is 11.3 Å².